The van der Waals surface area contributed by atoms with Gasteiger partial charge in [0, 0.05) is 18.8 Å². The van der Waals surface area contributed by atoms with Crippen molar-refractivity contribution in [1.82, 2.24) is 0 Å². The first-order valence-electron chi connectivity index (χ1n) is 16.1. The quantitative estimate of drug-likeness (QED) is 0.359. The summed E-state index contributed by atoms with van der Waals surface area (Å²) in [6.45, 7) is 15.2. The van der Waals surface area contributed by atoms with E-state index in [1.54, 1.807) is 0 Å². The zero-order valence-corrected chi connectivity index (χ0v) is 24.6. The van der Waals surface area contributed by atoms with Gasteiger partial charge in [0.1, 0.15) is 6.10 Å². The molecular formula is C33H54O4. The third-order valence-electron chi connectivity index (χ3n) is 13.4. The molecule has 0 bridgehead atoms. The van der Waals surface area contributed by atoms with Crippen molar-refractivity contribution in [3.8, 4) is 0 Å². The van der Waals surface area contributed by atoms with Crippen LogP contribution in [-0.2, 0) is 19.0 Å². The minimum absolute atomic E-state index is 0.0332. The summed E-state index contributed by atoms with van der Waals surface area (Å²) in [5, 5.41) is 0. The molecule has 4 aliphatic carbocycles. The second-order valence-corrected chi connectivity index (χ2v) is 15.3. The molecule has 0 aromatic heterocycles. The van der Waals surface area contributed by atoms with Crippen molar-refractivity contribution in [3.05, 3.63) is 0 Å². The van der Waals surface area contributed by atoms with Crippen LogP contribution in [0.5, 0.6) is 0 Å². The van der Waals surface area contributed by atoms with Gasteiger partial charge in [0.25, 0.3) is 0 Å². The van der Waals surface area contributed by atoms with Crippen LogP contribution in [0.25, 0.3) is 0 Å². The van der Waals surface area contributed by atoms with E-state index in [0.717, 1.165) is 50.0 Å². The Morgan fingerprint density at radius 3 is 2.49 bits per heavy atom. The Hall–Kier alpha value is -0.610. The number of ether oxygens (including phenoxy) is 3. The van der Waals surface area contributed by atoms with E-state index >= 15 is 0 Å². The number of fused-ring (bicyclic) bond motifs is 7. The summed E-state index contributed by atoms with van der Waals surface area (Å²) in [7, 11) is 0. The molecule has 0 aromatic carbocycles. The number of carbonyl (C=O) groups is 1. The molecule has 0 aromatic rings. The van der Waals surface area contributed by atoms with E-state index in [2.05, 4.69) is 41.5 Å². The van der Waals surface area contributed by atoms with Gasteiger partial charge in [0.05, 0.1) is 12.7 Å². The SMILES string of the molecule is CCC(C)CC(=O)OC1CCC2(C)C(CCC3C2CCC2(C)C3CC3OC4(CCC(C)CO4)C(C)C32)C1. The largest absolute Gasteiger partial charge is 0.462 e. The van der Waals surface area contributed by atoms with E-state index in [-0.39, 0.29) is 17.9 Å². The fourth-order valence-corrected chi connectivity index (χ4v) is 11.0. The first kappa shape index (κ1) is 26.6. The fraction of sp³-hybridized carbons (Fsp3) is 0.970. The molecule has 4 heteroatoms. The molecule has 210 valence electrons. The van der Waals surface area contributed by atoms with E-state index < -0.39 is 0 Å². The minimum atomic E-state index is -0.305. The van der Waals surface area contributed by atoms with E-state index in [4.69, 9.17) is 14.2 Å². The van der Waals surface area contributed by atoms with Gasteiger partial charge in [0.2, 0.25) is 0 Å². The lowest BCUT2D eigenvalue weighted by Crippen LogP contribution is -2.55. The van der Waals surface area contributed by atoms with Gasteiger partial charge in [-0.15, -0.1) is 0 Å². The number of esters is 1. The summed E-state index contributed by atoms with van der Waals surface area (Å²) < 4.78 is 19.5. The van der Waals surface area contributed by atoms with Crippen LogP contribution < -0.4 is 0 Å². The summed E-state index contributed by atoms with van der Waals surface area (Å²) in [5.74, 6) is 5.15. The van der Waals surface area contributed by atoms with Crippen molar-refractivity contribution in [2.75, 3.05) is 6.61 Å². The van der Waals surface area contributed by atoms with Gasteiger partial charge in [-0.1, -0.05) is 48.0 Å². The van der Waals surface area contributed by atoms with Crippen molar-refractivity contribution < 1.29 is 19.0 Å². The number of carbonyl (C=O) groups excluding carboxylic acids is 1. The molecule has 37 heavy (non-hydrogen) atoms. The van der Waals surface area contributed by atoms with Crippen LogP contribution in [0.4, 0.5) is 0 Å². The average molecular weight is 515 g/mol. The van der Waals surface area contributed by atoms with E-state index in [1.807, 2.05) is 0 Å². The Balaban J connectivity index is 1.13. The summed E-state index contributed by atoms with van der Waals surface area (Å²) in [6, 6.07) is 0. The monoisotopic (exact) mass is 514 g/mol. The highest BCUT2D eigenvalue weighted by Gasteiger charge is 2.69. The standard InChI is InChI=1S/C33H54O4/c1-7-20(2)16-29(34)36-24-11-13-31(5)23(17-24)8-9-25-26(31)12-14-32(6)27(25)18-28-30(32)22(4)33(37-28)15-10-21(3)19-35-33/h20-28,30H,7-19H2,1-6H3. The molecule has 0 radical (unpaired) electrons. The third-order valence-corrected chi connectivity index (χ3v) is 13.4. The van der Waals surface area contributed by atoms with E-state index in [1.165, 1.54) is 44.9 Å². The van der Waals surface area contributed by atoms with Crippen molar-refractivity contribution in [3.63, 3.8) is 0 Å². The highest BCUT2D eigenvalue weighted by Crippen LogP contribution is 2.71. The first-order chi connectivity index (χ1) is 17.6. The first-order valence-corrected chi connectivity index (χ1v) is 16.1. The topological polar surface area (TPSA) is 44.8 Å². The molecule has 0 amide bonds. The third kappa shape index (κ3) is 4.16. The molecule has 4 saturated carbocycles. The summed E-state index contributed by atoms with van der Waals surface area (Å²) in [5.41, 5.74) is 0.810. The zero-order valence-electron chi connectivity index (χ0n) is 24.6. The molecule has 13 atom stereocenters. The molecule has 2 heterocycles. The smallest absolute Gasteiger partial charge is 0.306 e. The van der Waals surface area contributed by atoms with Gasteiger partial charge in [-0.3, -0.25) is 4.79 Å². The van der Waals surface area contributed by atoms with Crippen molar-refractivity contribution in [2.45, 2.75) is 137 Å². The molecule has 1 spiro atoms. The lowest BCUT2D eigenvalue weighted by atomic mass is 9.44. The Morgan fingerprint density at radius 1 is 0.973 bits per heavy atom. The van der Waals surface area contributed by atoms with Gasteiger partial charge in [-0.05, 0) is 110 Å². The van der Waals surface area contributed by atoms with Crippen LogP contribution in [0, 0.1) is 58.2 Å². The number of hydrogen-bond donors (Lipinski definition) is 0. The number of hydrogen-bond acceptors (Lipinski definition) is 4. The maximum Gasteiger partial charge on any atom is 0.306 e. The second kappa shape index (κ2) is 9.50. The van der Waals surface area contributed by atoms with Gasteiger partial charge in [-0.25, -0.2) is 0 Å². The van der Waals surface area contributed by atoms with Gasteiger partial charge >= 0.3 is 5.97 Å². The number of rotatable bonds is 4. The Morgan fingerprint density at radius 2 is 1.76 bits per heavy atom. The highest BCUT2D eigenvalue weighted by atomic mass is 16.7. The highest BCUT2D eigenvalue weighted by molar-refractivity contribution is 5.69. The molecule has 2 saturated heterocycles. The summed E-state index contributed by atoms with van der Waals surface area (Å²) >= 11 is 0. The molecule has 6 aliphatic rings. The summed E-state index contributed by atoms with van der Waals surface area (Å²) in [4.78, 5) is 12.5. The van der Waals surface area contributed by atoms with Crippen molar-refractivity contribution in [2.24, 2.45) is 58.2 Å². The second-order valence-electron chi connectivity index (χ2n) is 15.3. The average Bonchev–Trinajstić information content (AvgIpc) is 3.31. The lowest BCUT2D eigenvalue weighted by Gasteiger charge is -2.61. The zero-order chi connectivity index (χ0) is 26.2. The fourth-order valence-electron chi connectivity index (χ4n) is 11.0. The van der Waals surface area contributed by atoms with Crippen LogP contribution in [0.15, 0.2) is 0 Å². The maximum atomic E-state index is 12.5. The molecule has 6 rings (SSSR count). The van der Waals surface area contributed by atoms with Gasteiger partial charge in [0.15, 0.2) is 5.79 Å². The van der Waals surface area contributed by atoms with Crippen LogP contribution in [0.3, 0.4) is 0 Å². The molecule has 2 aliphatic heterocycles. The minimum Gasteiger partial charge on any atom is -0.462 e. The lowest BCUT2D eigenvalue weighted by molar-refractivity contribution is -0.273. The van der Waals surface area contributed by atoms with Crippen LogP contribution in [0.2, 0.25) is 0 Å². The molecule has 13 unspecified atom stereocenters. The van der Waals surface area contributed by atoms with Crippen LogP contribution >= 0.6 is 0 Å². The van der Waals surface area contributed by atoms with Crippen LogP contribution in [-0.4, -0.2) is 30.6 Å². The van der Waals surface area contributed by atoms with Crippen LogP contribution in [0.1, 0.15) is 119 Å². The van der Waals surface area contributed by atoms with E-state index in [9.17, 15) is 4.79 Å². The molecule has 6 fully saturated rings. The molecular weight excluding hydrogens is 460 g/mol. The predicted molar refractivity (Wildman–Crippen MR) is 146 cm³/mol. The Kier molecular flexibility index (Phi) is 6.83. The van der Waals surface area contributed by atoms with Gasteiger partial charge < -0.3 is 14.2 Å². The summed E-state index contributed by atoms with van der Waals surface area (Å²) in [6.07, 6.45) is 14.6. The Bertz CT molecular complexity index is 862. The van der Waals surface area contributed by atoms with Crippen molar-refractivity contribution >= 4 is 5.97 Å². The normalized spacial score (nSPS) is 53.6. The molecule has 4 nitrogen and oxygen atoms in total. The Labute approximate surface area is 226 Å². The maximum absolute atomic E-state index is 12.5. The van der Waals surface area contributed by atoms with E-state index in [0.29, 0.717) is 52.9 Å². The van der Waals surface area contributed by atoms with Crippen molar-refractivity contribution in [1.29, 1.82) is 0 Å². The molecule has 0 N–H and O–H groups in total. The van der Waals surface area contributed by atoms with Gasteiger partial charge in [-0.2, -0.15) is 0 Å². The predicted octanol–water partition coefficient (Wildman–Crippen LogP) is 7.78.